The molecular formula is C16H17FN2O. The van der Waals surface area contributed by atoms with Gasteiger partial charge in [-0.2, -0.15) is 0 Å². The molecule has 2 aromatic rings. The molecule has 20 heavy (non-hydrogen) atoms. The number of benzene rings is 2. The zero-order valence-corrected chi connectivity index (χ0v) is 11.3. The van der Waals surface area contributed by atoms with Crippen molar-refractivity contribution in [3.8, 4) is 0 Å². The first kappa shape index (κ1) is 14.1. The van der Waals surface area contributed by atoms with Crippen LogP contribution in [0, 0.1) is 5.82 Å². The number of hydrogen-bond acceptors (Lipinski definition) is 2. The standard InChI is InChI=1S/C16H17FN2O/c1-2-10-18-14-6-8-15(9-7-14)19-16(20)12-4-3-5-13(17)11-12/h3-9,11,18H,2,10H2,1H3,(H,19,20). The average molecular weight is 272 g/mol. The van der Waals surface area contributed by atoms with Crippen LogP contribution in [0.25, 0.3) is 0 Å². The molecule has 1 amide bonds. The van der Waals surface area contributed by atoms with Crippen LogP contribution in [-0.4, -0.2) is 12.5 Å². The Labute approximate surface area is 117 Å². The second-order valence-electron chi connectivity index (χ2n) is 4.47. The van der Waals surface area contributed by atoms with Crippen LogP contribution in [0.5, 0.6) is 0 Å². The number of hydrogen-bond donors (Lipinski definition) is 2. The summed E-state index contributed by atoms with van der Waals surface area (Å²) in [6.45, 7) is 3.01. The molecule has 0 unspecified atom stereocenters. The van der Waals surface area contributed by atoms with E-state index in [4.69, 9.17) is 0 Å². The lowest BCUT2D eigenvalue weighted by molar-refractivity contribution is 0.102. The van der Waals surface area contributed by atoms with Crippen molar-refractivity contribution in [1.29, 1.82) is 0 Å². The van der Waals surface area contributed by atoms with E-state index in [1.807, 2.05) is 24.3 Å². The number of carbonyl (C=O) groups excluding carboxylic acids is 1. The van der Waals surface area contributed by atoms with Crippen molar-refractivity contribution >= 4 is 17.3 Å². The van der Waals surface area contributed by atoms with Crippen LogP contribution in [0.2, 0.25) is 0 Å². The zero-order valence-electron chi connectivity index (χ0n) is 11.3. The van der Waals surface area contributed by atoms with E-state index in [2.05, 4.69) is 17.6 Å². The van der Waals surface area contributed by atoms with E-state index in [0.717, 1.165) is 18.7 Å². The molecule has 0 atom stereocenters. The minimum Gasteiger partial charge on any atom is -0.385 e. The Balaban J connectivity index is 2.01. The summed E-state index contributed by atoms with van der Waals surface area (Å²) in [4.78, 5) is 11.9. The second-order valence-corrected chi connectivity index (χ2v) is 4.47. The molecule has 0 radical (unpaired) electrons. The molecule has 104 valence electrons. The normalized spacial score (nSPS) is 10.1. The molecule has 0 fully saturated rings. The van der Waals surface area contributed by atoms with Crippen molar-refractivity contribution in [2.75, 3.05) is 17.2 Å². The maximum atomic E-state index is 13.0. The first-order valence-electron chi connectivity index (χ1n) is 6.60. The van der Waals surface area contributed by atoms with Crippen molar-refractivity contribution in [2.45, 2.75) is 13.3 Å². The summed E-state index contributed by atoms with van der Waals surface area (Å²) in [6, 6.07) is 13.0. The fourth-order valence-electron chi connectivity index (χ4n) is 1.77. The summed E-state index contributed by atoms with van der Waals surface area (Å²) in [5, 5.41) is 5.99. The van der Waals surface area contributed by atoms with Gasteiger partial charge in [0.1, 0.15) is 5.82 Å². The van der Waals surface area contributed by atoms with Crippen LogP contribution in [0.4, 0.5) is 15.8 Å². The Hall–Kier alpha value is -2.36. The van der Waals surface area contributed by atoms with Gasteiger partial charge in [-0.05, 0) is 48.9 Å². The SMILES string of the molecule is CCCNc1ccc(NC(=O)c2cccc(F)c2)cc1. The van der Waals surface area contributed by atoms with Gasteiger partial charge in [0.2, 0.25) is 0 Å². The van der Waals surface area contributed by atoms with Gasteiger partial charge in [0.25, 0.3) is 5.91 Å². The summed E-state index contributed by atoms with van der Waals surface area (Å²) in [6.07, 6.45) is 1.05. The fraction of sp³-hybridized carbons (Fsp3) is 0.188. The van der Waals surface area contributed by atoms with Crippen molar-refractivity contribution in [2.24, 2.45) is 0 Å². The Kier molecular flexibility index (Phi) is 4.71. The van der Waals surface area contributed by atoms with Gasteiger partial charge in [-0.3, -0.25) is 4.79 Å². The highest BCUT2D eigenvalue weighted by Crippen LogP contribution is 2.15. The summed E-state index contributed by atoms with van der Waals surface area (Å²) in [5.41, 5.74) is 2.00. The fourth-order valence-corrected chi connectivity index (χ4v) is 1.77. The molecule has 2 rings (SSSR count). The average Bonchev–Trinajstić information content (AvgIpc) is 2.46. The van der Waals surface area contributed by atoms with Crippen LogP contribution in [-0.2, 0) is 0 Å². The molecule has 0 saturated heterocycles. The quantitative estimate of drug-likeness (QED) is 0.866. The van der Waals surface area contributed by atoms with Gasteiger partial charge in [0.05, 0.1) is 0 Å². The number of anilines is 2. The zero-order chi connectivity index (χ0) is 14.4. The minimum atomic E-state index is -0.420. The van der Waals surface area contributed by atoms with Gasteiger partial charge in [-0.15, -0.1) is 0 Å². The smallest absolute Gasteiger partial charge is 0.255 e. The minimum absolute atomic E-state index is 0.304. The van der Waals surface area contributed by atoms with Crippen LogP contribution in [0.15, 0.2) is 48.5 Å². The highest BCUT2D eigenvalue weighted by Gasteiger charge is 2.06. The predicted octanol–water partition coefficient (Wildman–Crippen LogP) is 3.90. The van der Waals surface area contributed by atoms with E-state index in [1.54, 1.807) is 6.07 Å². The molecular weight excluding hydrogens is 255 g/mol. The largest absolute Gasteiger partial charge is 0.385 e. The Morgan fingerprint density at radius 1 is 1.10 bits per heavy atom. The molecule has 2 N–H and O–H groups in total. The maximum Gasteiger partial charge on any atom is 0.255 e. The van der Waals surface area contributed by atoms with E-state index < -0.39 is 5.82 Å². The number of halogens is 1. The first-order chi connectivity index (χ1) is 9.69. The van der Waals surface area contributed by atoms with Gasteiger partial charge < -0.3 is 10.6 Å². The Bertz CT molecular complexity index is 581. The molecule has 0 aliphatic heterocycles. The molecule has 0 heterocycles. The number of carbonyl (C=O) groups is 1. The molecule has 4 heteroatoms. The van der Waals surface area contributed by atoms with Crippen molar-refractivity contribution in [1.82, 2.24) is 0 Å². The van der Waals surface area contributed by atoms with E-state index in [0.29, 0.717) is 11.3 Å². The summed E-state index contributed by atoms with van der Waals surface area (Å²) in [7, 11) is 0. The molecule has 0 aliphatic carbocycles. The van der Waals surface area contributed by atoms with Crippen molar-refractivity contribution in [3.63, 3.8) is 0 Å². The van der Waals surface area contributed by atoms with Crippen molar-refractivity contribution < 1.29 is 9.18 Å². The molecule has 0 bridgehead atoms. The Morgan fingerprint density at radius 2 is 1.80 bits per heavy atom. The lowest BCUT2D eigenvalue weighted by Gasteiger charge is -2.08. The van der Waals surface area contributed by atoms with E-state index >= 15 is 0 Å². The van der Waals surface area contributed by atoms with Gasteiger partial charge in [0.15, 0.2) is 0 Å². The third kappa shape index (κ3) is 3.82. The highest BCUT2D eigenvalue weighted by molar-refractivity contribution is 6.04. The van der Waals surface area contributed by atoms with Crippen LogP contribution in [0.1, 0.15) is 23.7 Å². The monoisotopic (exact) mass is 272 g/mol. The lowest BCUT2D eigenvalue weighted by atomic mass is 10.2. The Morgan fingerprint density at radius 3 is 2.45 bits per heavy atom. The number of amides is 1. The van der Waals surface area contributed by atoms with E-state index in [1.165, 1.54) is 18.2 Å². The lowest BCUT2D eigenvalue weighted by Crippen LogP contribution is -2.12. The van der Waals surface area contributed by atoms with Crippen molar-refractivity contribution in [3.05, 3.63) is 59.9 Å². The molecule has 0 aliphatic rings. The van der Waals surface area contributed by atoms with Crippen LogP contribution >= 0.6 is 0 Å². The summed E-state index contributed by atoms with van der Waals surface area (Å²) in [5.74, 6) is -0.740. The molecule has 0 spiro atoms. The number of nitrogens with one attached hydrogen (secondary N) is 2. The molecule has 0 saturated carbocycles. The third-order valence-electron chi connectivity index (χ3n) is 2.81. The first-order valence-corrected chi connectivity index (χ1v) is 6.60. The maximum absolute atomic E-state index is 13.0. The van der Waals surface area contributed by atoms with Gasteiger partial charge >= 0.3 is 0 Å². The molecule has 3 nitrogen and oxygen atoms in total. The summed E-state index contributed by atoms with van der Waals surface area (Å²) >= 11 is 0. The molecule has 2 aromatic carbocycles. The van der Waals surface area contributed by atoms with E-state index in [9.17, 15) is 9.18 Å². The second kappa shape index (κ2) is 6.70. The predicted molar refractivity (Wildman–Crippen MR) is 79.6 cm³/mol. The highest BCUT2D eigenvalue weighted by atomic mass is 19.1. The van der Waals surface area contributed by atoms with Crippen LogP contribution in [0.3, 0.4) is 0 Å². The van der Waals surface area contributed by atoms with Crippen LogP contribution < -0.4 is 10.6 Å². The van der Waals surface area contributed by atoms with Gasteiger partial charge in [0, 0.05) is 23.5 Å². The van der Waals surface area contributed by atoms with E-state index in [-0.39, 0.29) is 5.91 Å². The van der Waals surface area contributed by atoms with Gasteiger partial charge in [-0.1, -0.05) is 13.0 Å². The summed E-state index contributed by atoms with van der Waals surface area (Å²) < 4.78 is 13.0. The topological polar surface area (TPSA) is 41.1 Å². The van der Waals surface area contributed by atoms with Gasteiger partial charge in [-0.25, -0.2) is 4.39 Å². The molecule has 0 aromatic heterocycles. The third-order valence-corrected chi connectivity index (χ3v) is 2.81. The number of rotatable bonds is 5.